The lowest BCUT2D eigenvalue weighted by Gasteiger charge is -2.10. The number of rotatable bonds is 4. The fourth-order valence-electron chi connectivity index (χ4n) is 1.69. The number of halogens is 1. The number of carboxylic acids is 1. The van der Waals surface area contributed by atoms with E-state index < -0.39 is 5.97 Å². The summed E-state index contributed by atoms with van der Waals surface area (Å²) in [7, 11) is 0. The molecule has 0 heterocycles. The monoisotopic (exact) mass is 276 g/mol. The summed E-state index contributed by atoms with van der Waals surface area (Å²) in [6, 6.07) is 12.3. The summed E-state index contributed by atoms with van der Waals surface area (Å²) in [5, 5.41) is 12.3. The minimum absolute atomic E-state index is 0.0766. The van der Waals surface area contributed by atoms with Crippen molar-refractivity contribution in [3.8, 4) is 0 Å². The quantitative estimate of drug-likeness (QED) is 0.750. The largest absolute Gasteiger partial charge is 0.478 e. The highest BCUT2D eigenvalue weighted by atomic mass is 35.5. The van der Waals surface area contributed by atoms with Gasteiger partial charge in [-0.15, -0.1) is 0 Å². The predicted molar refractivity (Wildman–Crippen MR) is 76.6 cm³/mol. The maximum absolute atomic E-state index is 11.0. The molecule has 0 atom stereocenters. The van der Waals surface area contributed by atoms with Crippen LogP contribution in [0.3, 0.4) is 0 Å². The average molecular weight is 277 g/mol. The van der Waals surface area contributed by atoms with Gasteiger partial charge < -0.3 is 16.2 Å². The zero-order valence-electron chi connectivity index (χ0n) is 10.1. The minimum Gasteiger partial charge on any atom is -0.478 e. The average Bonchev–Trinajstić information content (AvgIpc) is 2.39. The first kappa shape index (κ1) is 13.2. The van der Waals surface area contributed by atoms with E-state index in [0.29, 0.717) is 17.9 Å². The Kier molecular flexibility index (Phi) is 3.92. The van der Waals surface area contributed by atoms with E-state index in [-0.39, 0.29) is 10.6 Å². The van der Waals surface area contributed by atoms with Gasteiger partial charge in [0.25, 0.3) is 0 Å². The van der Waals surface area contributed by atoms with Crippen LogP contribution in [0.15, 0.2) is 42.5 Å². The molecule has 0 aliphatic heterocycles. The number of carboxylic acid groups (broad SMARTS) is 1. The second-order valence-electron chi connectivity index (χ2n) is 4.05. The molecule has 98 valence electrons. The van der Waals surface area contributed by atoms with Gasteiger partial charge in [-0.05, 0) is 29.8 Å². The van der Waals surface area contributed by atoms with Crippen LogP contribution in [0.1, 0.15) is 15.9 Å². The van der Waals surface area contributed by atoms with Gasteiger partial charge >= 0.3 is 5.97 Å². The summed E-state index contributed by atoms with van der Waals surface area (Å²) in [6.45, 7) is 0.521. The molecule has 0 aliphatic rings. The molecule has 5 heteroatoms. The number of aromatic carboxylic acids is 1. The minimum atomic E-state index is -1.05. The first-order chi connectivity index (χ1) is 9.08. The number of hydrogen-bond donors (Lipinski definition) is 3. The summed E-state index contributed by atoms with van der Waals surface area (Å²) in [4.78, 5) is 11.0. The summed E-state index contributed by atoms with van der Waals surface area (Å²) in [6.07, 6.45) is 0. The van der Waals surface area contributed by atoms with Crippen molar-refractivity contribution in [3.05, 3.63) is 58.6 Å². The molecule has 2 aromatic rings. The van der Waals surface area contributed by atoms with Crippen LogP contribution < -0.4 is 11.1 Å². The Morgan fingerprint density at radius 1 is 1.26 bits per heavy atom. The molecule has 0 saturated carbocycles. The number of carbonyl (C=O) groups is 1. The van der Waals surface area contributed by atoms with Crippen molar-refractivity contribution < 1.29 is 9.90 Å². The van der Waals surface area contributed by atoms with Crippen LogP contribution in [-0.2, 0) is 6.54 Å². The van der Waals surface area contributed by atoms with Gasteiger partial charge in [-0.2, -0.15) is 0 Å². The zero-order chi connectivity index (χ0) is 13.8. The van der Waals surface area contributed by atoms with E-state index >= 15 is 0 Å². The van der Waals surface area contributed by atoms with Crippen LogP contribution in [0.5, 0.6) is 0 Å². The molecular formula is C14H13ClN2O2. The Morgan fingerprint density at radius 3 is 2.68 bits per heavy atom. The van der Waals surface area contributed by atoms with Gasteiger partial charge in [-0.3, -0.25) is 0 Å². The number of hydrogen-bond acceptors (Lipinski definition) is 3. The molecule has 0 amide bonds. The highest BCUT2D eigenvalue weighted by Crippen LogP contribution is 2.21. The molecule has 19 heavy (non-hydrogen) atoms. The van der Waals surface area contributed by atoms with Crippen molar-refractivity contribution in [3.63, 3.8) is 0 Å². The molecule has 0 spiro atoms. The Bertz CT molecular complexity index is 614. The lowest BCUT2D eigenvalue weighted by Crippen LogP contribution is -2.04. The van der Waals surface area contributed by atoms with Crippen LogP contribution in [-0.4, -0.2) is 11.1 Å². The van der Waals surface area contributed by atoms with E-state index in [1.54, 1.807) is 12.1 Å². The molecular weight excluding hydrogens is 264 g/mol. The lowest BCUT2D eigenvalue weighted by molar-refractivity contribution is 0.0697. The van der Waals surface area contributed by atoms with Gasteiger partial charge in [0.15, 0.2) is 0 Å². The van der Waals surface area contributed by atoms with Crippen molar-refractivity contribution in [2.45, 2.75) is 6.54 Å². The Hall–Kier alpha value is -2.20. The standard InChI is InChI=1S/C14H13ClN2O2/c15-12-6-5-10(7-11(12)14(18)19)17-8-9-3-1-2-4-13(9)16/h1-7,17H,8,16H2,(H,18,19). The second-order valence-corrected chi connectivity index (χ2v) is 4.46. The van der Waals surface area contributed by atoms with Crippen LogP contribution >= 0.6 is 11.6 Å². The summed E-state index contributed by atoms with van der Waals surface area (Å²) in [5.41, 5.74) is 8.24. The van der Waals surface area contributed by atoms with E-state index in [2.05, 4.69) is 5.32 Å². The topological polar surface area (TPSA) is 75.3 Å². The van der Waals surface area contributed by atoms with Gasteiger partial charge in [0.2, 0.25) is 0 Å². The third kappa shape index (κ3) is 3.17. The van der Waals surface area contributed by atoms with Crippen LogP contribution in [0.25, 0.3) is 0 Å². The number of para-hydroxylation sites is 1. The molecule has 0 aliphatic carbocycles. The lowest BCUT2D eigenvalue weighted by atomic mass is 10.1. The first-order valence-electron chi connectivity index (χ1n) is 5.68. The summed E-state index contributed by atoms with van der Waals surface area (Å²) in [5.74, 6) is -1.05. The smallest absolute Gasteiger partial charge is 0.337 e. The van der Waals surface area contributed by atoms with Crippen molar-refractivity contribution in [1.82, 2.24) is 0 Å². The molecule has 0 aromatic heterocycles. The molecule has 0 radical (unpaired) electrons. The van der Waals surface area contributed by atoms with Crippen LogP contribution in [0.4, 0.5) is 11.4 Å². The van der Waals surface area contributed by atoms with Gasteiger partial charge in [0.05, 0.1) is 10.6 Å². The molecule has 0 unspecified atom stereocenters. The molecule has 4 nitrogen and oxygen atoms in total. The van der Waals surface area contributed by atoms with Crippen molar-refractivity contribution >= 4 is 28.9 Å². The Balaban J connectivity index is 2.14. The van der Waals surface area contributed by atoms with Gasteiger partial charge in [-0.25, -0.2) is 4.79 Å². The highest BCUT2D eigenvalue weighted by Gasteiger charge is 2.09. The summed E-state index contributed by atoms with van der Waals surface area (Å²) < 4.78 is 0. The predicted octanol–water partition coefficient (Wildman–Crippen LogP) is 3.23. The Labute approximate surface area is 115 Å². The van der Waals surface area contributed by atoms with E-state index in [1.165, 1.54) is 6.07 Å². The van der Waals surface area contributed by atoms with Crippen molar-refractivity contribution in [2.75, 3.05) is 11.1 Å². The fraction of sp³-hybridized carbons (Fsp3) is 0.0714. The van der Waals surface area contributed by atoms with E-state index in [4.69, 9.17) is 22.4 Å². The Morgan fingerprint density at radius 2 is 2.00 bits per heavy atom. The normalized spacial score (nSPS) is 10.2. The number of anilines is 2. The van der Waals surface area contributed by atoms with E-state index in [1.807, 2.05) is 24.3 Å². The van der Waals surface area contributed by atoms with Crippen molar-refractivity contribution in [2.24, 2.45) is 0 Å². The van der Waals surface area contributed by atoms with Gasteiger partial charge in [-0.1, -0.05) is 29.8 Å². The highest BCUT2D eigenvalue weighted by molar-refractivity contribution is 6.33. The third-order valence-electron chi connectivity index (χ3n) is 2.73. The molecule has 0 saturated heterocycles. The maximum Gasteiger partial charge on any atom is 0.337 e. The van der Waals surface area contributed by atoms with E-state index in [0.717, 1.165) is 5.56 Å². The zero-order valence-corrected chi connectivity index (χ0v) is 10.8. The fourth-order valence-corrected chi connectivity index (χ4v) is 1.89. The van der Waals surface area contributed by atoms with Crippen LogP contribution in [0, 0.1) is 0 Å². The molecule has 4 N–H and O–H groups in total. The van der Waals surface area contributed by atoms with E-state index in [9.17, 15) is 4.79 Å². The number of nitrogen functional groups attached to an aromatic ring is 1. The third-order valence-corrected chi connectivity index (χ3v) is 3.06. The van der Waals surface area contributed by atoms with Gasteiger partial charge in [0.1, 0.15) is 0 Å². The number of nitrogens with one attached hydrogen (secondary N) is 1. The second kappa shape index (κ2) is 5.63. The van der Waals surface area contributed by atoms with Crippen LogP contribution in [0.2, 0.25) is 5.02 Å². The SMILES string of the molecule is Nc1ccccc1CNc1ccc(Cl)c(C(=O)O)c1. The summed E-state index contributed by atoms with van der Waals surface area (Å²) >= 11 is 5.80. The molecule has 2 aromatic carbocycles. The number of nitrogens with two attached hydrogens (primary N) is 1. The number of benzene rings is 2. The van der Waals surface area contributed by atoms with Gasteiger partial charge in [0, 0.05) is 17.9 Å². The van der Waals surface area contributed by atoms with Crippen molar-refractivity contribution in [1.29, 1.82) is 0 Å². The molecule has 0 fully saturated rings. The maximum atomic E-state index is 11.0. The molecule has 0 bridgehead atoms. The molecule has 2 rings (SSSR count). The first-order valence-corrected chi connectivity index (χ1v) is 6.06.